The molecule has 1 rings (SSSR count). The van der Waals surface area contributed by atoms with Gasteiger partial charge in [0.2, 0.25) is 17.7 Å². The summed E-state index contributed by atoms with van der Waals surface area (Å²) in [5.41, 5.74) is 11.8. The number of carboxylic acid groups (broad SMARTS) is 2. The molecule has 0 aliphatic carbocycles. The van der Waals surface area contributed by atoms with Crippen molar-refractivity contribution in [1.29, 1.82) is 0 Å². The predicted octanol–water partition coefficient (Wildman–Crippen LogP) is -1.28. The fourth-order valence-corrected chi connectivity index (χ4v) is 3.03. The molecule has 1 aromatic rings. The summed E-state index contributed by atoms with van der Waals surface area (Å²) in [6, 6.07) is 3.68. The van der Waals surface area contributed by atoms with Crippen LogP contribution in [-0.2, 0) is 30.4 Å². The quantitative estimate of drug-likeness (QED) is 0.149. The zero-order valence-corrected chi connectivity index (χ0v) is 19.0. The van der Waals surface area contributed by atoms with Gasteiger partial charge in [0.05, 0.1) is 12.5 Å². The first-order valence-electron chi connectivity index (χ1n) is 10.9. The summed E-state index contributed by atoms with van der Waals surface area (Å²) in [6.45, 7) is 1.82. The molecule has 12 nitrogen and oxygen atoms in total. The Hall–Kier alpha value is -3.51. The summed E-state index contributed by atoms with van der Waals surface area (Å²) in [6.07, 6.45) is 0.892. The van der Waals surface area contributed by atoms with Crippen molar-refractivity contribution >= 4 is 29.7 Å². The smallest absolute Gasteiger partial charge is 0.326 e. The molecule has 0 saturated carbocycles. The number of carbonyl (C=O) groups excluding carboxylic acids is 3. The van der Waals surface area contributed by atoms with Gasteiger partial charge >= 0.3 is 11.9 Å². The van der Waals surface area contributed by atoms with Crippen LogP contribution >= 0.6 is 0 Å². The molecule has 0 radical (unpaired) electrons. The number of nitrogens with two attached hydrogens (primary N) is 2. The van der Waals surface area contributed by atoms with E-state index < -0.39 is 60.2 Å². The summed E-state index contributed by atoms with van der Waals surface area (Å²) in [7, 11) is 0. The average Bonchev–Trinajstić information content (AvgIpc) is 2.78. The minimum absolute atomic E-state index is 0.0375. The molecule has 0 saturated heterocycles. The Morgan fingerprint density at radius 2 is 1.50 bits per heavy atom. The number of rotatable bonds is 15. The molecule has 188 valence electrons. The highest BCUT2D eigenvalue weighted by molar-refractivity contribution is 5.95. The van der Waals surface area contributed by atoms with Crippen molar-refractivity contribution in [2.24, 2.45) is 11.5 Å². The number of hydrogen-bond acceptors (Lipinski definition) is 7. The van der Waals surface area contributed by atoms with E-state index in [1.165, 1.54) is 6.92 Å². The van der Waals surface area contributed by atoms with E-state index in [2.05, 4.69) is 16.0 Å². The van der Waals surface area contributed by atoms with Crippen molar-refractivity contribution in [2.45, 2.75) is 63.2 Å². The van der Waals surface area contributed by atoms with Gasteiger partial charge in [-0.3, -0.25) is 19.2 Å². The second-order valence-corrected chi connectivity index (χ2v) is 7.87. The Labute approximate surface area is 197 Å². The molecule has 4 unspecified atom stereocenters. The number of amides is 3. The van der Waals surface area contributed by atoms with Crippen LogP contribution in [-0.4, -0.2) is 70.6 Å². The highest BCUT2D eigenvalue weighted by Gasteiger charge is 2.30. The summed E-state index contributed by atoms with van der Waals surface area (Å²) < 4.78 is 0. The molecule has 4 atom stereocenters. The average molecular weight is 480 g/mol. The molecule has 3 amide bonds. The zero-order chi connectivity index (χ0) is 25.7. The highest BCUT2D eigenvalue weighted by Crippen LogP contribution is 2.05. The standard InChI is InChI=1S/C22H33N5O7/c1-13(25-20(31)15(24)9-5-6-10-23)19(30)26-16(12-18(28)29)21(32)27-17(22(33)34)11-14-7-3-2-4-8-14/h2-4,7-8,13,15-17H,5-6,9-12,23-24H2,1H3,(H,25,31)(H,26,30)(H,27,32)(H,28,29)(H,33,34). The first-order valence-corrected chi connectivity index (χ1v) is 10.9. The molecule has 12 heteroatoms. The zero-order valence-electron chi connectivity index (χ0n) is 19.0. The number of hydrogen-bond donors (Lipinski definition) is 7. The van der Waals surface area contributed by atoms with Crippen LogP contribution in [0.2, 0.25) is 0 Å². The molecule has 0 heterocycles. The lowest BCUT2D eigenvalue weighted by atomic mass is 10.0. The van der Waals surface area contributed by atoms with E-state index in [9.17, 15) is 29.1 Å². The van der Waals surface area contributed by atoms with Crippen LogP contribution in [0.25, 0.3) is 0 Å². The Kier molecular flexibility index (Phi) is 12.2. The van der Waals surface area contributed by atoms with Crippen LogP contribution in [0.1, 0.15) is 38.2 Å². The van der Waals surface area contributed by atoms with E-state index in [-0.39, 0.29) is 6.42 Å². The lowest BCUT2D eigenvalue weighted by Crippen LogP contribution is -2.57. The van der Waals surface area contributed by atoms with Crippen molar-refractivity contribution < 1.29 is 34.2 Å². The minimum Gasteiger partial charge on any atom is -0.481 e. The van der Waals surface area contributed by atoms with Gasteiger partial charge in [-0.15, -0.1) is 0 Å². The van der Waals surface area contributed by atoms with Crippen LogP contribution in [0, 0.1) is 0 Å². The van der Waals surface area contributed by atoms with Gasteiger partial charge in [0, 0.05) is 6.42 Å². The first-order chi connectivity index (χ1) is 16.0. The lowest BCUT2D eigenvalue weighted by molar-refractivity contribution is -0.143. The second kappa shape index (κ2) is 14.6. The van der Waals surface area contributed by atoms with Crippen molar-refractivity contribution in [1.82, 2.24) is 16.0 Å². The van der Waals surface area contributed by atoms with E-state index in [4.69, 9.17) is 16.6 Å². The van der Waals surface area contributed by atoms with Gasteiger partial charge in [0.15, 0.2) is 0 Å². The Balaban J connectivity index is 2.78. The van der Waals surface area contributed by atoms with E-state index in [0.29, 0.717) is 31.4 Å². The maximum atomic E-state index is 12.6. The third-order valence-electron chi connectivity index (χ3n) is 4.97. The fourth-order valence-electron chi connectivity index (χ4n) is 3.03. The van der Waals surface area contributed by atoms with E-state index in [1.54, 1.807) is 30.3 Å². The van der Waals surface area contributed by atoms with Gasteiger partial charge in [-0.05, 0) is 31.9 Å². The Morgan fingerprint density at radius 3 is 2.06 bits per heavy atom. The summed E-state index contributed by atoms with van der Waals surface area (Å²) in [5.74, 6) is -5.07. The van der Waals surface area contributed by atoms with Crippen LogP contribution in [0.15, 0.2) is 30.3 Å². The third kappa shape index (κ3) is 10.4. The van der Waals surface area contributed by atoms with Crippen molar-refractivity contribution in [3.8, 4) is 0 Å². The van der Waals surface area contributed by atoms with Gasteiger partial charge in [0.1, 0.15) is 18.1 Å². The van der Waals surface area contributed by atoms with Gasteiger partial charge < -0.3 is 37.6 Å². The van der Waals surface area contributed by atoms with Gasteiger partial charge in [-0.25, -0.2) is 4.79 Å². The molecule has 0 spiro atoms. The highest BCUT2D eigenvalue weighted by atomic mass is 16.4. The molecule has 0 aliphatic rings. The molecular formula is C22H33N5O7. The number of carbonyl (C=O) groups is 5. The molecule has 0 aliphatic heterocycles. The summed E-state index contributed by atoms with van der Waals surface area (Å²) >= 11 is 0. The number of carboxylic acids is 2. The number of aliphatic carboxylic acids is 2. The number of nitrogens with one attached hydrogen (secondary N) is 3. The summed E-state index contributed by atoms with van der Waals surface area (Å²) in [5, 5.41) is 25.5. The van der Waals surface area contributed by atoms with Crippen LogP contribution in [0.4, 0.5) is 0 Å². The molecule has 0 fully saturated rings. The van der Waals surface area contributed by atoms with Gasteiger partial charge in [-0.2, -0.15) is 0 Å². The third-order valence-corrected chi connectivity index (χ3v) is 4.97. The normalized spacial score (nSPS) is 14.2. The van der Waals surface area contributed by atoms with Crippen LogP contribution < -0.4 is 27.4 Å². The van der Waals surface area contributed by atoms with E-state index in [1.807, 2.05) is 0 Å². The SMILES string of the molecule is CC(NC(=O)C(N)CCCCN)C(=O)NC(CC(=O)O)C(=O)NC(Cc1ccccc1)C(=O)O. The van der Waals surface area contributed by atoms with Crippen LogP contribution in [0.5, 0.6) is 0 Å². The molecular weight excluding hydrogens is 446 g/mol. The van der Waals surface area contributed by atoms with Crippen molar-refractivity contribution in [3.63, 3.8) is 0 Å². The largest absolute Gasteiger partial charge is 0.481 e. The number of benzene rings is 1. The topological polar surface area (TPSA) is 214 Å². The van der Waals surface area contributed by atoms with E-state index >= 15 is 0 Å². The van der Waals surface area contributed by atoms with Crippen molar-refractivity contribution in [3.05, 3.63) is 35.9 Å². The number of unbranched alkanes of at least 4 members (excludes halogenated alkanes) is 1. The van der Waals surface area contributed by atoms with E-state index in [0.717, 1.165) is 0 Å². The monoisotopic (exact) mass is 479 g/mol. The second-order valence-electron chi connectivity index (χ2n) is 7.87. The Bertz CT molecular complexity index is 849. The van der Waals surface area contributed by atoms with Gasteiger partial charge in [0.25, 0.3) is 0 Å². The molecule has 34 heavy (non-hydrogen) atoms. The fraction of sp³-hybridized carbons (Fsp3) is 0.500. The molecule has 1 aromatic carbocycles. The molecule has 0 aromatic heterocycles. The maximum Gasteiger partial charge on any atom is 0.326 e. The predicted molar refractivity (Wildman–Crippen MR) is 122 cm³/mol. The van der Waals surface area contributed by atoms with Crippen LogP contribution in [0.3, 0.4) is 0 Å². The Morgan fingerprint density at radius 1 is 0.882 bits per heavy atom. The molecule has 0 bridgehead atoms. The lowest BCUT2D eigenvalue weighted by Gasteiger charge is -2.23. The summed E-state index contributed by atoms with van der Waals surface area (Å²) in [4.78, 5) is 60.1. The first kappa shape index (κ1) is 28.5. The van der Waals surface area contributed by atoms with Gasteiger partial charge in [-0.1, -0.05) is 36.8 Å². The molecule has 9 N–H and O–H groups in total. The van der Waals surface area contributed by atoms with Crippen molar-refractivity contribution in [2.75, 3.05) is 6.54 Å². The maximum absolute atomic E-state index is 12.6. The minimum atomic E-state index is -1.56.